The molecule has 3 rings (SSSR count). The zero-order chi connectivity index (χ0) is 16.8. The predicted octanol–water partition coefficient (Wildman–Crippen LogP) is 2.28. The summed E-state index contributed by atoms with van der Waals surface area (Å²) in [6.45, 7) is 3.48. The summed E-state index contributed by atoms with van der Waals surface area (Å²) in [5.74, 6) is 0.787. The van der Waals surface area contributed by atoms with E-state index in [1.54, 1.807) is 7.11 Å². The highest BCUT2D eigenvalue weighted by atomic mass is 16.5. The minimum Gasteiger partial charge on any atom is -0.497 e. The minimum absolute atomic E-state index is 0.00623. The molecule has 126 valence electrons. The number of hydrogen-bond donors (Lipinski definition) is 2. The van der Waals surface area contributed by atoms with E-state index in [-0.39, 0.29) is 11.9 Å². The molecule has 1 amide bonds. The van der Waals surface area contributed by atoms with Crippen molar-refractivity contribution in [3.8, 4) is 5.75 Å². The number of rotatable bonds is 5. The summed E-state index contributed by atoms with van der Waals surface area (Å²) >= 11 is 0. The molecule has 1 saturated heterocycles. The van der Waals surface area contributed by atoms with Crippen LogP contribution in [0.2, 0.25) is 0 Å². The number of anilines is 1. The van der Waals surface area contributed by atoms with Gasteiger partial charge in [-0.05, 0) is 29.8 Å². The van der Waals surface area contributed by atoms with E-state index in [0.29, 0.717) is 0 Å². The third kappa shape index (κ3) is 3.93. The van der Waals surface area contributed by atoms with E-state index in [1.165, 1.54) is 0 Å². The fraction of sp³-hybridized carbons (Fsp3) is 0.316. The minimum atomic E-state index is -0.307. The smallest absolute Gasteiger partial charge is 0.246 e. The number of nitrogens with one attached hydrogen (secondary N) is 2. The van der Waals surface area contributed by atoms with Gasteiger partial charge >= 0.3 is 0 Å². The number of ether oxygens (including phenoxy) is 1. The average Bonchev–Trinajstić information content (AvgIpc) is 2.64. The Labute approximate surface area is 142 Å². The van der Waals surface area contributed by atoms with E-state index in [4.69, 9.17) is 4.74 Å². The molecule has 1 atom stereocenters. The van der Waals surface area contributed by atoms with Crippen molar-refractivity contribution < 1.29 is 9.53 Å². The number of carbonyl (C=O) groups is 1. The van der Waals surface area contributed by atoms with Crippen molar-refractivity contribution in [3.63, 3.8) is 0 Å². The maximum atomic E-state index is 13.0. The van der Waals surface area contributed by atoms with Crippen LogP contribution in [0.15, 0.2) is 54.6 Å². The number of benzene rings is 2. The first-order valence-corrected chi connectivity index (χ1v) is 8.22. The highest BCUT2D eigenvalue weighted by Gasteiger charge is 2.28. The standard InChI is InChI=1S/C19H23N3O2/c1-24-17-9-7-15(8-10-17)18(22-13-11-20-12-14-22)19(23)21-16-5-3-2-4-6-16/h2-10,18,20H,11-14H2,1H3,(H,21,23). The molecule has 0 saturated carbocycles. The predicted molar refractivity (Wildman–Crippen MR) is 95.2 cm³/mol. The Kier molecular flexibility index (Phi) is 5.46. The van der Waals surface area contributed by atoms with E-state index < -0.39 is 0 Å². The van der Waals surface area contributed by atoms with Crippen LogP contribution >= 0.6 is 0 Å². The zero-order valence-electron chi connectivity index (χ0n) is 13.9. The number of amides is 1. The molecule has 1 aliphatic rings. The summed E-state index contributed by atoms with van der Waals surface area (Å²) in [6.07, 6.45) is 0. The molecule has 0 aromatic heterocycles. The molecule has 0 radical (unpaired) electrons. The van der Waals surface area contributed by atoms with Gasteiger partial charge in [0.25, 0.3) is 0 Å². The summed E-state index contributed by atoms with van der Waals surface area (Å²) in [6, 6.07) is 17.0. The normalized spacial score (nSPS) is 16.4. The van der Waals surface area contributed by atoms with Gasteiger partial charge < -0.3 is 15.4 Å². The van der Waals surface area contributed by atoms with E-state index in [9.17, 15) is 4.79 Å². The van der Waals surface area contributed by atoms with Crippen molar-refractivity contribution in [2.75, 3.05) is 38.6 Å². The molecule has 5 heteroatoms. The zero-order valence-corrected chi connectivity index (χ0v) is 13.9. The molecule has 2 aromatic rings. The van der Waals surface area contributed by atoms with E-state index in [0.717, 1.165) is 43.2 Å². The summed E-state index contributed by atoms with van der Waals surface area (Å²) < 4.78 is 5.23. The molecule has 0 spiro atoms. The van der Waals surface area contributed by atoms with Crippen molar-refractivity contribution in [3.05, 3.63) is 60.2 Å². The topological polar surface area (TPSA) is 53.6 Å². The maximum absolute atomic E-state index is 13.0. The van der Waals surface area contributed by atoms with Gasteiger partial charge in [-0.1, -0.05) is 30.3 Å². The molecule has 2 aromatic carbocycles. The Morgan fingerprint density at radius 1 is 1.08 bits per heavy atom. The summed E-state index contributed by atoms with van der Waals surface area (Å²) in [7, 11) is 1.64. The highest BCUT2D eigenvalue weighted by Crippen LogP contribution is 2.25. The number of hydrogen-bond acceptors (Lipinski definition) is 4. The van der Waals surface area contributed by atoms with Crippen LogP contribution in [-0.2, 0) is 4.79 Å². The summed E-state index contributed by atoms with van der Waals surface area (Å²) in [5.41, 5.74) is 1.79. The first-order valence-electron chi connectivity index (χ1n) is 8.22. The van der Waals surface area contributed by atoms with Gasteiger partial charge in [0, 0.05) is 31.9 Å². The second kappa shape index (κ2) is 7.95. The van der Waals surface area contributed by atoms with Crippen molar-refractivity contribution in [2.45, 2.75) is 6.04 Å². The number of methoxy groups -OCH3 is 1. The summed E-state index contributed by atoms with van der Waals surface area (Å²) in [4.78, 5) is 15.2. The first-order chi connectivity index (χ1) is 11.8. The van der Waals surface area contributed by atoms with Gasteiger partial charge in [-0.3, -0.25) is 9.69 Å². The van der Waals surface area contributed by atoms with Crippen LogP contribution in [0, 0.1) is 0 Å². The van der Waals surface area contributed by atoms with Gasteiger partial charge in [0.2, 0.25) is 5.91 Å². The Bertz CT molecular complexity index is 652. The Morgan fingerprint density at radius 3 is 2.38 bits per heavy atom. The fourth-order valence-corrected chi connectivity index (χ4v) is 2.99. The van der Waals surface area contributed by atoms with Crippen molar-refractivity contribution in [2.24, 2.45) is 0 Å². The van der Waals surface area contributed by atoms with Gasteiger partial charge in [-0.25, -0.2) is 0 Å². The van der Waals surface area contributed by atoms with Crippen molar-refractivity contribution >= 4 is 11.6 Å². The Balaban J connectivity index is 1.84. The van der Waals surface area contributed by atoms with Gasteiger partial charge in [-0.2, -0.15) is 0 Å². The molecule has 0 aliphatic carbocycles. The van der Waals surface area contributed by atoms with Crippen molar-refractivity contribution in [1.82, 2.24) is 10.2 Å². The van der Waals surface area contributed by atoms with Gasteiger partial charge in [0.05, 0.1) is 7.11 Å². The van der Waals surface area contributed by atoms with E-state index in [2.05, 4.69) is 15.5 Å². The quantitative estimate of drug-likeness (QED) is 0.885. The lowest BCUT2D eigenvalue weighted by Gasteiger charge is -2.34. The SMILES string of the molecule is COc1ccc(C(C(=O)Nc2ccccc2)N2CCNCC2)cc1. The lowest BCUT2D eigenvalue weighted by Crippen LogP contribution is -2.48. The van der Waals surface area contributed by atoms with Crippen LogP contribution in [0.4, 0.5) is 5.69 Å². The van der Waals surface area contributed by atoms with Crippen LogP contribution in [0.3, 0.4) is 0 Å². The molecule has 0 bridgehead atoms. The first kappa shape index (κ1) is 16.5. The van der Waals surface area contributed by atoms with Gasteiger partial charge in [0.15, 0.2) is 0 Å². The van der Waals surface area contributed by atoms with Gasteiger partial charge in [-0.15, -0.1) is 0 Å². The molecule has 1 aliphatic heterocycles. The Hall–Kier alpha value is -2.37. The molecular formula is C19H23N3O2. The van der Waals surface area contributed by atoms with Gasteiger partial charge in [0.1, 0.15) is 11.8 Å². The molecule has 5 nitrogen and oxygen atoms in total. The highest BCUT2D eigenvalue weighted by molar-refractivity contribution is 5.95. The fourth-order valence-electron chi connectivity index (χ4n) is 2.99. The van der Waals surface area contributed by atoms with Crippen LogP contribution in [-0.4, -0.2) is 44.1 Å². The molecule has 1 heterocycles. The maximum Gasteiger partial charge on any atom is 0.246 e. The van der Waals surface area contributed by atoms with Crippen molar-refractivity contribution in [1.29, 1.82) is 0 Å². The van der Waals surface area contributed by atoms with Crippen LogP contribution < -0.4 is 15.4 Å². The third-order valence-corrected chi connectivity index (χ3v) is 4.24. The largest absolute Gasteiger partial charge is 0.497 e. The lowest BCUT2D eigenvalue weighted by atomic mass is 10.0. The van der Waals surface area contributed by atoms with Crippen LogP contribution in [0.25, 0.3) is 0 Å². The monoisotopic (exact) mass is 325 g/mol. The number of carbonyl (C=O) groups excluding carboxylic acids is 1. The average molecular weight is 325 g/mol. The van der Waals surface area contributed by atoms with E-state index >= 15 is 0 Å². The Morgan fingerprint density at radius 2 is 1.75 bits per heavy atom. The molecule has 2 N–H and O–H groups in total. The molecular weight excluding hydrogens is 302 g/mol. The number of piperazine rings is 1. The number of para-hydroxylation sites is 1. The van der Waals surface area contributed by atoms with Crippen LogP contribution in [0.1, 0.15) is 11.6 Å². The van der Waals surface area contributed by atoms with E-state index in [1.807, 2.05) is 54.6 Å². The second-order valence-electron chi connectivity index (χ2n) is 5.82. The third-order valence-electron chi connectivity index (χ3n) is 4.24. The number of nitrogens with zero attached hydrogens (tertiary/aromatic N) is 1. The summed E-state index contributed by atoms with van der Waals surface area (Å²) in [5, 5.41) is 6.37. The second-order valence-corrected chi connectivity index (χ2v) is 5.82. The molecule has 1 fully saturated rings. The molecule has 24 heavy (non-hydrogen) atoms. The lowest BCUT2D eigenvalue weighted by molar-refractivity contribution is -0.121. The molecule has 1 unspecified atom stereocenters. The van der Waals surface area contributed by atoms with Crippen LogP contribution in [0.5, 0.6) is 5.75 Å².